The van der Waals surface area contributed by atoms with Crippen LogP contribution >= 0.6 is 37.2 Å². The highest BCUT2D eigenvalue weighted by Crippen LogP contribution is 2.41. The van der Waals surface area contributed by atoms with Crippen LogP contribution in [0.15, 0.2) is 55.0 Å². The Morgan fingerprint density at radius 3 is 2.60 bits per heavy atom. The smallest absolute Gasteiger partial charge is 0.416 e. The van der Waals surface area contributed by atoms with E-state index in [9.17, 15) is 23.1 Å². The summed E-state index contributed by atoms with van der Waals surface area (Å²) in [7, 11) is 1.57. The first-order chi connectivity index (χ1) is 20.2. The van der Waals surface area contributed by atoms with Crippen LogP contribution in [0.4, 0.5) is 13.2 Å². The minimum atomic E-state index is -4.49. The number of methoxy groups -OCH3 is 1. The highest BCUT2D eigenvalue weighted by molar-refractivity contribution is 5.98. The first-order valence-corrected chi connectivity index (χ1v) is 14.2. The quantitative estimate of drug-likeness (QED) is 0.300. The van der Waals surface area contributed by atoms with E-state index in [1.54, 1.807) is 18.3 Å². The third kappa shape index (κ3) is 8.81. The molecule has 3 aromatic rings. The fourth-order valence-corrected chi connectivity index (χ4v) is 6.04. The van der Waals surface area contributed by atoms with Crippen LogP contribution in [0.3, 0.4) is 0 Å². The number of hydrogen-bond donors (Lipinski definition) is 2. The summed E-state index contributed by atoms with van der Waals surface area (Å²) in [5.41, 5.74) is -0.177. The molecule has 3 atom stereocenters. The van der Waals surface area contributed by atoms with Gasteiger partial charge in [0, 0.05) is 57.0 Å². The molecule has 2 N–H and O–H groups in total. The van der Waals surface area contributed by atoms with E-state index < -0.39 is 17.3 Å². The lowest BCUT2D eigenvalue weighted by atomic mass is 9.80. The lowest BCUT2D eigenvalue weighted by Crippen LogP contribution is -2.54. The molecule has 1 aromatic carbocycles. The average Bonchev–Trinajstić information content (AvgIpc) is 3.42. The normalized spacial score (nSPS) is 21.6. The molecule has 1 aliphatic heterocycles. The van der Waals surface area contributed by atoms with Crippen molar-refractivity contribution < 1.29 is 32.5 Å². The first kappa shape index (κ1) is 38.6. The number of nitrogens with one attached hydrogen (secondary N) is 1. The van der Waals surface area contributed by atoms with Crippen LogP contribution in [0.5, 0.6) is 5.88 Å². The van der Waals surface area contributed by atoms with Gasteiger partial charge in [-0.15, -0.1) is 37.2 Å². The molecular formula is C30H39Cl3F3N5O4. The van der Waals surface area contributed by atoms with Crippen LogP contribution in [0.2, 0.25) is 0 Å². The fourth-order valence-electron chi connectivity index (χ4n) is 6.04. The van der Waals surface area contributed by atoms with Crippen molar-refractivity contribution in [3.63, 3.8) is 0 Å². The van der Waals surface area contributed by atoms with Crippen LogP contribution in [0, 0.1) is 0 Å². The summed E-state index contributed by atoms with van der Waals surface area (Å²) in [6, 6.07) is 10.7. The summed E-state index contributed by atoms with van der Waals surface area (Å²) in [6.45, 7) is 1.78. The molecule has 15 heteroatoms. The third-order valence-corrected chi connectivity index (χ3v) is 8.11. The number of piperazine rings is 1. The molecule has 1 saturated heterocycles. The van der Waals surface area contributed by atoms with Gasteiger partial charge in [-0.05, 0) is 18.9 Å². The Morgan fingerprint density at radius 2 is 1.89 bits per heavy atom. The standard InChI is InChI=1S/C30H36F3N5O4.3ClH/c1-41-19-29(40)12-6-5-9-24(29)38-20-36-26(27(38)21-7-3-2-4-8-21)28(39)37-15-14-34-18-23(37)11-16-42-25-17-22(10-13-35-25)30(31,32)33;;;/h2-4,7-8,10,13,17,20,23-24,34,40H,5-6,9,11-12,14-16,18-19H2,1H3;3*1H/t23-,24-,29-;;;/m1.../s1. The molecule has 2 aromatic heterocycles. The summed E-state index contributed by atoms with van der Waals surface area (Å²) in [5, 5.41) is 14.9. The molecule has 1 saturated carbocycles. The molecule has 0 bridgehead atoms. The van der Waals surface area contributed by atoms with Crippen molar-refractivity contribution in [3.05, 3.63) is 66.2 Å². The molecule has 9 nitrogen and oxygen atoms in total. The van der Waals surface area contributed by atoms with Crippen LogP contribution in [0.25, 0.3) is 11.3 Å². The van der Waals surface area contributed by atoms with Crippen molar-refractivity contribution in [2.45, 2.75) is 56.0 Å². The zero-order chi connectivity index (χ0) is 29.7. The fraction of sp³-hybridized carbons (Fsp3) is 0.500. The van der Waals surface area contributed by atoms with E-state index in [1.165, 1.54) is 0 Å². The Morgan fingerprint density at radius 1 is 1.13 bits per heavy atom. The summed E-state index contributed by atoms with van der Waals surface area (Å²) in [6.07, 6.45) is 1.74. The molecule has 1 amide bonds. The molecule has 5 rings (SSSR count). The Hall–Kier alpha value is -2.61. The number of nitrogens with zero attached hydrogens (tertiary/aromatic N) is 4. The Balaban J connectivity index is 0.00000235. The summed E-state index contributed by atoms with van der Waals surface area (Å²) in [5.74, 6) is -0.366. The van der Waals surface area contributed by atoms with Gasteiger partial charge in [-0.25, -0.2) is 9.97 Å². The van der Waals surface area contributed by atoms with Crippen LogP contribution < -0.4 is 10.1 Å². The monoisotopic (exact) mass is 695 g/mol. The van der Waals surface area contributed by atoms with E-state index in [0.717, 1.165) is 43.2 Å². The number of alkyl halides is 3. The van der Waals surface area contributed by atoms with Gasteiger partial charge in [0.05, 0.1) is 36.8 Å². The summed E-state index contributed by atoms with van der Waals surface area (Å²) < 4.78 is 52.1. The molecule has 1 aliphatic carbocycles. The minimum Gasteiger partial charge on any atom is -0.478 e. The summed E-state index contributed by atoms with van der Waals surface area (Å²) >= 11 is 0. The second-order valence-corrected chi connectivity index (χ2v) is 10.9. The average molecular weight is 697 g/mol. The van der Waals surface area contributed by atoms with Crippen LogP contribution in [-0.2, 0) is 10.9 Å². The van der Waals surface area contributed by atoms with Crippen molar-refractivity contribution in [1.82, 2.24) is 24.8 Å². The summed E-state index contributed by atoms with van der Waals surface area (Å²) in [4.78, 5) is 24.4. The number of amides is 1. The van der Waals surface area contributed by atoms with E-state index in [0.29, 0.717) is 43.9 Å². The highest BCUT2D eigenvalue weighted by atomic mass is 35.5. The van der Waals surface area contributed by atoms with Crippen molar-refractivity contribution >= 4 is 43.1 Å². The molecule has 2 fully saturated rings. The molecular weight excluding hydrogens is 658 g/mol. The van der Waals surface area contributed by atoms with E-state index in [1.807, 2.05) is 34.9 Å². The predicted octanol–water partition coefficient (Wildman–Crippen LogP) is 5.61. The van der Waals surface area contributed by atoms with E-state index in [2.05, 4.69) is 15.3 Å². The number of pyridine rings is 1. The minimum absolute atomic E-state index is 0. The molecule has 3 heterocycles. The Labute approximate surface area is 279 Å². The van der Waals surface area contributed by atoms with Gasteiger partial charge in [0.15, 0.2) is 5.69 Å². The SMILES string of the molecule is COC[C@]1(O)CCCC[C@H]1n1cnc(C(=O)N2CCNC[C@H]2CCOc2cc(C(F)(F)F)ccn2)c1-c1ccccc1.Cl.Cl.Cl. The van der Waals surface area contributed by atoms with Gasteiger partial charge in [0.25, 0.3) is 5.91 Å². The number of aliphatic hydroxyl groups is 1. The first-order valence-electron chi connectivity index (χ1n) is 14.2. The zero-order valence-corrected chi connectivity index (χ0v) is 27.2. The van der Waals surface area contributed by atoms with Gasteiger partial charge in [-0.1, -0.05) is 43.2 Å². The number of carbonyl (C=O) groups excluding carboxylic acids is 1. The molecule has 45 heavy (non-hydrogen) atoms. The second-order valence-electron chi connectivity index (χ2n) is 10.9. The number of hydrogen-bond acceptors (Lipinski definition) is 7. The maximum absolute atomic E-state index is 14.1. The molecule has 0 radical (unpaired) electrons. The number of rotatable bonds is 9. The predicted molar refractivity (Wildman–Crippen MR) is 171 cm³/mol. The zero-order valence-electron chi connectivity index (χ0n) is 24.7. The number of imidazole rings is 1. The van der Waals surface area contributed by atoms with Gasteiger partial charge >= 0.3 is 6.18 Å². The van der Waals surface area contributed by atoms with Crippen LogP contribution in [0.1, 0.15) is 54.2 Å². The molecule has 0 spiro atoms. The van der Waals surface area contributed by atoms with Gasteiger partial charge in [-0.3, -0.25) is 4.79 Å². The number of halogens is 6. The third-order valence-electron chi connectivity index (χ3n) is 8.11. The van der Waals surface area contributed by atoms with Crippen molar-refractivity contribution in [2.24, 2.45) is 0 Å². The highest BCUT2D eigenvalue weighted by Gasteiger charge is 2.42. The Bertz CT molecular complexity index is 1360. The molecule has 250 valence electrons. The van der Waals surface area contributed by atoms with Gasteiger partial charge in [0.2, 0.25) is 5.88 Å². The topological polar surface area (TPSA) is 102 Å². The maximum Gasteiger partial charge on any atom is 0.416 e. The Kier molecular flexibility index (Phi) is 14.4. The van der Waals surface area contributed by atoms with Gasteiger partial charge < -0.3 is 29.4 Å². The van der Waals surface area contributed by atoms with Crippen LogP contribution in [-0.4, -0.2) is 82.0 Å². The van der Waals surface area contributed by atoms with Crippen molar-refractivity contribution in [3.8, 4) is 17.1 Å². The van der Waals surface area contributed by atoms with Crippen molar-refractivity contribution in [1.29, 1.82) is 0 Å². The number of ether oxygens (including phenoxy) is 2. The largest absolute Gasteiger partial charge is 0.478 e. The van der Waals surface area contributed by atoms with Gasteiger partial charge in [0.1, 0.15) is 5.60 Å². The number of aromatic nitrogens is 3. The maximum atomic E-state index is 14.1. The van der Waals surface area contributed by atoms with E-state index >= 15 is 0 Å². The molecule has 0 unspecified atom stereocenters. The lowest BCUT2D eigenvalue weighted by Gasteiger charge is -2.41. The van der Waals surface area contributed by atoms with E-state index in [-0.39, 0.29) is 74.3 Å². The lowest BCUT2D eigenvalue weighted by molar-refractivity contribution is -0.137. The number of benzene rings is 1. The second kappa shape index (κ2) is 16.8. The van der Waals surface area contributed by atoms with Gasteiger partial charge in [-0.2, -0.15) is 13.2 Å². The number of carbonyl (C=O) groups is 1. The van der Waals surface area contributed by atoms with E-state index in [4.69, 9.17) is 9.47 Å². The molecule has 2 aliphatic rings. The van der Waals surface area contributed by atoms with Crippen molar-refractivity contribution in [2.75, 3.05) is 40.0 Å².